The topological polar surface area (TPSA) is 20.2 Å². The van der Waals surface area contributed by atoms with Gasteiger partial charge in [0.15, 0.2) is 0 Å². The average Bonchev–Trinajstić information content (AvgIpc) is 2.44. The van der Waals surface area contributed by atoms with Crippen LogP contribution in [0.2, 0.25) is 0 Å². The first-order chi connectivity index (χ1) is 9.55. The molecule has 2 aromatic carbocycles. The summed E-state index contributed by atoms with van der Waals surface area (Å²) in [6.07, 6.45) is 2.95. The van der Waals surface area contributed by atoms with Gasteiger partial charge in [-0.3, -0.25) is 0 Å². The molecule has 20 heavy (non-hydrogen) atoms. The zero-order valence-electron chi connectivity index (χ0n) is 12.4. The third-order valence-corrected chi connectivity index (χ3v) is 3.95. The molecule has 2 aromatic rings. The Kier molecular flexibility index (Phi) is 4.97. The van der Waals surface area contributed by atoms with Crippen LogP contribution in [0.1, 0.15) is 31.4 Å². The second-order valence-corrected chi connectivity index (χ2v) is 6.06. The Bertz CT molecular complexity index is 496. The Labute approximate surface area is 122 Å². The van der Waals surface area contributed by atoms with Gasteiger partial charge in [0.2, 0.25) is 0 Å². The molecule has 106 valence electrons. The highest BCUT2D eigenvalue weighted by molar-refractivity contribution is 5.17. The van der Waals surface area contributed by atoms with E-state index in [-0.39, 0.29) is 5.92 Å². The van der Waals surface area contributed by atoms with Gasteiger partial charge in [-0.05, 0) is 50.2 Å². The van der Waals surface area contributed by atoms with Crippen molar-refractivity contribution in [1.82, 2.24) is 0 Å². The molecule has 1 N–H and O–H groups in total. The van der Waals surface area contributed by atoms with Crippen LogP contribution in [0.15, 0.2) is 60.7 Å². The van der Waals surface area contributed by atoms with Crippen molar-refractivity contribution in [2.24, 2.45) is 5.92 Å². The Morgan fingerprint density at radius 1 is 0.850 bits per heavy atom. The molecule has 0 aromatic heterocycles. The third-order valence-electron chi connectivity index (χ3n) is 3.95. The van der Waals surface area contributed by atoms with Gasteiger partial charge in [-0.15, -0.1) is 0 Å². The summed E-state index contributed by atoms with van der Waals surface area (Å²) in [5.74, 6) is 0.269. The van der Waals surface area contributed by atoms with Gasteiger partial charge in [-0.25, -0.2) is 0 Å². The molecule has 0 bridgehead atoms. The van der Waals surface area contributed by atoms with Gasteiger partial charge >= 0.3 is 0 Å². The van der Waals surface area contributed by atoms with E-state index in [4.69, 9.17) is 0 Å². The molecule has 1 heteroatoms. The fourth-order valence-electron chi connectivity index (χ4n) is 2.59. The number of aliphatic hydroxyl groups is 1. The lowest BCUT2D eigenvalue weighted by Gasteiger charge is -2.29. The van der Waals surface area contributed by atoms with E-state index >= 15 is 0 Å². The van der Waals surface area contributed by atoms with Crippen molar-refractivity contribution in [3.8, 4) is 0 Å². The third kappa shape index (κ3) is 4.50. The zero-order valence-corrected chi connectivity index (χ0v) is 12.4. The zero-order chi connectivity index (χ0) is 14.4. The normalized spacial score (nSPS) is 13.2. The minimum atomic E-state index is -0.648. The van der Waals surface area contributed by atoms with Crippen LogP contribution in [0.25, 0.3) is 0 Å². The Hall–Kier alpha value is -1.60. The highest BCUT2D eigenvalue weighted by atomic mass is 16.3. The van der Waals surface area contributed by atoms with Crippen molar-refractivity contribution in [2.45, 2.75) is 38.7 Å². The molecule has 1 atom stereocenters. The van der Waals surface area contributed by atoms with Crippen LogP contribution in [-0.2, 0) is 12.8 Å². The van der Waals surface area contributed by atoms with Crippen molar-refractivity contribution >= 4 is 0 Å². The maximum absolute atomic E-state index is 10.4. The number of benzene rings is 2. The molecular formula is C19H24O. The van der Waals surface area contributed by atoms with E-state index < -0.39 is 5.60 Å². The second-order valence-electron chi connectivity index (χ2n) is 6.06. The summed E-state index contributed by atoms with van der Waals surface area (Å²) in [6.45, 7) is 3.84. The van der Waals surface area contributed by atoms with E-state index in [0.717, 1.165) is 19.3 Å². The molecule has 1 unspecified atom stereocenters. The van der Waals surface area contributed by atoms with Crippen molar-refractivity contribution in [2.75, 3.05) is 0 Å². The molecule has 0 radical (unpaired) electrons. The molecule has 0 saturated carbocycles. The van der Waals surface area contributed by atoms with E-state index in [9.17, 15) is 5.11 Å². The van der Waals surface area contributed by atoms with Crippen molar-refractivity contribution < 1.29 is 5.11 Å². The van der Waals surface area contributed by atoms with Crippen LogP contribution in [-0.4, -0.2) is 10.7 Å². The van der Waals surface area contributed by atoms with Gasteiger partial charge in [0, 0.05) is 0 Å². The lowest BCUT2D eigenvalue weighted by molar-refractivity contribution is 0.0134. The van der Waals surface area contributed by atoms with Gasteiger partial charge in [-0.2, -0.15) is 0 Å². The Morgan fingerprint density at radius 2 is 1.35 bits per heavy atom. The van der Waals surface area contributed by atoms with Crippen molar-refractivity contribution in [3.63, 3.8) is 0 Å². The molecule has 0 aliphatic carbocycles. The minimum absolute atomic E-state index is 0.269. The molecule has 0 amide bonds. The molecule has 1 nitrogen and oxygen atoms in total. The fourth-order valence-corrected chi connectivity index (χ4v) is 2.59. The monoisotopic (exact) mass is 268 g/mol. The first-order valence-electron chi connectivity index (χ1n) is 7.36. The molecule has 0 aliphatic rings. The molecule has 0 saturated heterocycles. The van der Waals surface area contributed by atoms with Crippen LogP contribution in [0.5, 0.6) is 0 Å². The summed E-state index contributed by atoms with van der Waals surface area (Å²) in [7, 11) is 0. The van der Waals surface area contributed by atoms with E-state index in [1.807, 2.05) is 26.0 Å². The molecule has 0 fully saturated rings. The molecule has 0 heterocycles. The van der Waals surface area contributed by atoms with E-state index in [0.29, 0.717) is 0 Å². The summed E-state index contributed by atoms with van der Waals surface area (Å²) in [6, 6.07) is 20.9. The largest absolute Gasteiger partial charge is 0.390 e. The minimum Gasteiger partial charge on any atom is -0.390 e. The predicted molar refractivity (Wildman–Crippen MR) is 84.7 cm³/mol. The summed E-state index contributed by atoms with van der Waals surface area (Å²) in [5.41, 5.74) is 1.99. The van der Waals surface area contributed by atoms with Gasteiger partial charge in [0.25, 0.3) is 0 Å². The van der Waals surface area contributed by atoms with Crippen LogP contribution in [0.3, 0.4) is 0 Å². The van der Waals surface area contributed by atoms with E-state index in [1.54, 1.807) is 0 Å². The maximum Gasteiger partial charge on any atom is 0.0623 e. The number of aryl methyl sites for hydroxylation is 1. The number of rotatable bonds is 6. The fraction of sp³-hybridized carbons (Fsp3) is 0.368. The summed E-state index contributed by atoms with van der Waals surface area (Å²) >= 11 is 0. The molecular weight excluding hydrogens is 244 g/mol. The lowest BCUT2D eigenvalue weighted by Crippen LogP contribution is -2.32. The lowest BCUT2D eigenvalue weighted by atomic mass is 9.81. The second kappa shape index (κ2) is 6.71. The van der Waals surface area contributed by atoms with Crippen LogP contribution in [0, 0.1) is 5.92 Å². The average molecular weight is 268 g/mol. The van der Waals surface area contributed by atoms with Crippen LogP contribution >= 0.6 is 0 Å². The summed E-state index contributed by atoms with van der Waals surface area (Å²) in [4.78, 5) is 0. The first kappa shape index (κ1) is 14.8. The molecule has 0 spiro atoms. The first-order valence-corrected chi connectivity index (χ1v) is 7.36. The SMILES string of the molecule is CC(C)(O)C(CCc1ccccc1)Cc1ccccc1. The van der Waals surface area contributed by atoms with Gasteiger partial charge < -0.3 is 5.11 Å². The quantitative estimate of drug-likeness (QED) is 0.830. The van der Waals surface area contributed by atoms with Crippen molar-refractivity contribution in [3.05, 3.63) is 71.8 Å². The highest BCUT2D eigenvalue weighted by Crippen LogP contribution is 2.26. The number of hydrogen-bond donors (Lipinski definition) is 1. The van der Waals surface area contributed by atoms with Gasteiger partial charge in [0.05, 0.1) is 5.60 Å². The van der Waals surface area contributed by atoms with Gasteiger partial charge in [0.1, 0.15) is 0 Å². The Morgan fingerprint density at radius 3 is 1.85 bits per heavy atom. The van der Waals surface area contributed by atoms with Crippen molar-refractivity contribution in [1.29, 1.82) is 0 Å². The van der Waals surface area contributed by atoms with E-state index in [2.05, 4.69) is 48.5 Å². The van der Waals surface area contributed by atoms with Crippen LogP contribution < -0.4 is 0 Å². The highest BCUT2D eigenvalue weighted by Gasteiger charge is 2.26. The maximum atomic E-state index is 10.4. The molecule has 0 aliphatic heterocycles. The standard InChI is InChI=1S/C19H24O/c1-19(2,20)18(15-17-11-7-4-8-12-17)14-13-16-9-5-3-6-10-16/h3-12,18,20H,13-15H2,1-2H3. The smallest absolute Gasteiger partial charge is 0.0623 e. The van der Waals surface area contributed by atoms with Gasteiger partial charge in [-0.1, -0.05) is 60.7 Å². The molecule has 2 rings (SSSR count). The van der Waals surface area contributed by atoms with E-state index in [1.165, 1.54) is 11.1 Å². The predicted octanol–water partition coefficient (Wildman–Crippen LogP) is 4.25. The number of hydrogen-bond acceptors (Lipinski definition) is 1. The summed E-state index contributed by atoms with van der Waals surface area (Å²) in [5, 5.41) is 10.4. The summed E-state index contributed by atoms with van der Waals surface area (Å²) < 4.78 is 0. The Balaban J connectivity index is 2.01. The van der Waals surface area contributed by atoms with Crippen LogP contribution in [0.4, 0.5) is 0 Å².